The standard InChI is InChI=1S/C16H26N2S/c1-13(10-17-15-4-2-3-5-15)18(16-6-7-16)11-14-8-9-19-12-14/h8-9,12-13,15-17H,2-7,10-11H2,1H3. The van der Waals surface area contributed by atoms with E-state index < -0.39 is 0 Å². The maximum atomic E-state index is 3.79. The summed E-state index contributed by atoms with van der Waals surface area (Å²) in [6.07, 6.45) is 8.43. The third-order valence-electron chi connectivity index (χ3n) is 4.58. The summed E-state index contributed by atoms with van der Waals surface area (Å²) in [5.74, 6) is 0. The SMILES string of the molecule is CC(CNC1CCCC1)N(Cc1ccsc1)C1CC1. The highest BCUT2D eigenvalue weighted by Crippen LogP contribution is 2.30. The molecule has 2 fully saturated rings. The molecule has 1 heterocycles. The van der Waals surface area contributed by atoms with Crippen LogP contribution >= 0.6 is 11.3 Å². The van der Waals surface area contributed by atoms with Crippen LogP contribution < -0.4 is 5.32 Å². The molecule has 1 N–H and O–H groups in total. The second-order valence-electron chi connectivity index (χ2n) is 6.27. The molecular formula is C16H26N2S. The summed E-state index contributed by atoms with van der Waals surface area (Å²) in [4.78, 5) is 2.71. The Bertz CT molecular complexity index is 366. The lowest BCUT2D eigenvalue weighted by Crippen LogP contribution is -2.43. The van der Waals surface area contributed by atoms with Gasteiger partial charge in [0.1, 0.15) is 0 Å². The Balaban J connectivity index is 1.50. The van der Waals surface area contributed by atoms with Gasteiger partial charge >= 0.3 is 0 Å². The van der Waals surface area contributed by atoms with Crippen molar-refractivity contribution in [3.05, 3.63) is 22.4 Å². The molecule has 1 aromatic rings. The average molecular weight is 278 g/mol. The van der Waals surface area contributed by atoms with Crippen molar-refractivity contribution in [2.75, 3.05) is 6.54 Å². The zero-order valence-corrected chi connectivity index (χ0v) is 12.8. The van der Waals surface area contributed by atoms with Gasteiger partial charge in [-0.2, -0.15) is 11.3 Å². The highest BCUT2D eigenvalue weighted by atomic mass is 32.1. The first-order valence-corrected chi connectivity index (χ1v) is 8.77. The Labute approximate surface area is 121 Å². The van der Waals surface area contributed by atoms with Crippen molar-refractivity contribution in [1.82, 2.24) is 10.2 Å². The van der Waals surface area contributed by atoms with Crippen molar-refractivity contribution >= 4 is 11.3 Å². The molecule has 0 saturated heterocycles. The minimum Gasteiger partial charge on any atom is -0.312 e. The van der Waals surface area contributed by atoms with Crippen molar-refractivity contribution in [3.63, 3.8) is 0 Å². The van der Waals surface area contributed by atoms with Gasteiger partial charge in [0.25, 0.3) is 0 Å². The predicted octanol–water partition coefficient (Wildman–Crippen LogP) is 3.63. The Morgan fingerprint density at radius 1 is 1.32 bits per heavy atom. The zero-order valence-electron chi connectivity index (χ0n) is 12.0. The number of nitrogens with one attached hydrogen (secondary N) is 1. The Hall–Kier alpha value is -0.380. The fourth-order valence-electron chi connectivity index (χ4n) is 3.23. The first kappa shape index (κ1) is 13.6. The lowest BCUT2D eigenvalue weighted by atomic mass is 10.2. The van der Waals surface area contributed by atoms with E-state index in [1.54, 1.807) is 0 Å². The molecule has 1 aromatic heterocycles. The zero-order chi connectivity index (χ0) is 13.1. The van der Waals surface area contributed by atoms with E-state index in [-0.39, 0.29) is 0 Å². The Morgan fingerprint density at radius 2 is 2.11 bits per heavy atom. The Kier molecular flexibility index (Phi) is 4.57. The molecule has 0 radical (unpaired) electrons. The fourth-order valence-corrected chi connectivity index (χ4v) is 3.89. The molecule has 3 heteroatoms. The normalized spacial score (nSPS) is 22.2. The molecule has 0 aromatic carbocycles. The van der Waals surface area contributed by atoms with Crippen LogP contribution in [0.2, 0.25) is 0 Å². The molecule has 106 valence electrons. The van der Waals surface area contributed by atoms with Gasteiger partial charge in [-0.25, -0.2) is 0 Å². The van der Waals surface area contributed by atoms with Crippen LogP contribution in [0.25, 0.3) is 0 Å². The molecule has 2 aliphatic rings. The van der Waals surface area contributed by atoms with E-state index in [1.807, 2.05) is 11.3 Å². The number of hydrogen-bond donors (Lipinski definition) is 1. The average Bonchev–Trinajstić information content (AvgIpc) is 2.94. The van der Waals surface area contributed by atoms with Gasteiger partial charge < -0.3 is 5.32 Å². The monoisotopic (exact) mass is 278 g/mol. The number of rotatable bonds is 7. The summed E-state index contributed by atoms with van der Waals surface area (Å²) in [6.45, 7) is 4.69. The van der Waals surface area contributed by atoms with Crippen LogP contribution in [0.4, 0.5) is 0 Å². The molecule has 1 unspecified atom stereocenters. The molecule has 2 nitrogen and oxygen atoms in total. The summed E-state index contributed by atoms with van der Waals surface area (Å²) in [7, 11) is 0. The first-order valence-electron chi connectivity index (χ1n) is 7.83. The largest absolute Gasteiger partial charge is 0.312 e. The molecule has 2 aliphatic carbocycles. The quantitative estimate of drug-likeness (QED) is 0.819. The third-order valence-corrected chi connectivity index (χ3v) is 5.32. The summed E-state index contributed by atoms with van der Waals surface area (Å²) in [5.41, 5.74) is 1.49. The van der Waals surface area contributed by atoms with Crippen molar-refractivity contribution in [2.45, 2.75) is 70.1 Å². The minimum absolute atomic E-state index is 0.660. The molecular weight excluding hydrogens is 252 g/mol. The highest BCUT2D eigenvalue weighted by Gasteiger charge is 2.32. The van der Waals surface area contributed by atoms with Crippen LogP contribution in [-0.4, -0.2) is 29.6 Å². The van der Waals surface area contributed by atoms with E-state index >= 15 is 0 Å². The van der Waals surface area contributed by atoms with Crippen LogP contribution in [0.5, 0.6) is 0 Å². The van der Waals surface area contributed by atoms with Crippen molar-refractivity contribution in [3.8, 4) is 0 Å². The van der Waals surface area contributed by atoms with Gasteiger partial charge in [0.05, 0.1) is 0 Å². The summed E-state index contributed by atoms with van der Waals surface area (Å²) in [5, 5.41) is 8.28. The van der Waals surface area contributed by atoms with Gasteiger partial charge in [-0.15, -0.1) is 0 Å². The lowest BCUT2D eigenvalue weighted by molar-refractivity contribution is 0.182. The van der Waals surface area contributed by atoms with E-state index in [0.717, 1.165) is 25.2 Å². The second-order valence-corrected chi connectivity index (χ2v) is 7.05. The van der Waals surface area contributed by atoms with Crippen molar-refractivity contribution < 1.29 is 0 Å². The Morgan fingerprint density at radius 3 is 2.74 bits per heavy atom. The van der Waals surface area contributed by atoms with Crippen molar-refractivity contribution in [2.24, 2.45) is 0 Å². The highest BCUT2D eigenvalue weighted by molar-refractivity contribution is 7.07. The number of nitrogens with zero attached hydrogens (tertiary/aromatic N) is 1. The molecule has 0 spiro atoms. The van der Waals surface area contributed by atoms with Crippen LogP contribution in [0.3, 0.4) is 0 Å². The second kappa shape index (κ2) is 6.38. The molecule has 0 bridgehead atoms. The molecule has 2 saturated carbocycles. The van der Waals surface area contributed by atoms with Gasteiger partial charge in [-0.05, 0) is 55.0 Å². The fraction of sp³-hybridized carbons (Fsp3) is 0.750. The van der Waals surface area contributed by atoms with Crippen molar-refractivity contribution in [1.29, 1.82) is 0 Å². The van der Waals surface area contributed by atoms with Crippen LogP contribution in [0, 0.1) is 0 Å². The van der Waals surface area contributed by atoms with Gasteiger partial charge in [0.15, 0.2) is 0 Å². The predicted molar refractivity (Wildman–Crippen MR) is 82.6 cm³/mol. The minimum atomic E-state index is 0.660. The molecule has 0 amide bonds. The molecule has 1 atom stereocenters. The summed E-state index contributed by atoms with van der Waals surface area (Å²) < 4.78 is 0. The van der Waals surface area contributed by atoms with E-state index in [4.69, 9.17) is 0 Å². The van der Waals surface area contributed by atoms with E-state index in [1.165, 1.54) is 44.1 Å². The first-order chi connectivity index (χ1) is 9.33. The topological polar surface area (TPSA) is 15.3 Å². The van der Waals surface area contributed by atoms with E-state index in [2.05, 4.69) is 34.0 Å². The van der Waals surface area contributed by atoms with Gasteiger partial charge in [0, 0.05) is 31.2 Å². The summed E-state index contributed by atoms with van der Waals surface area (Å²) in [6, 6.07) is 4.58. The van der Waals surface area contributed by atoms with E-state index in [0.29, 0.717) is 6.04 Å². The lowest BCUT2D eigenvalue weighted by Gasteiger charge is -2.30. The van der Waals surface area contributed by atoms with E-state index in [9.17, 15) is 0 Å². The number of hydrogen-bond acceptors (Lipinski definition) is 3. The maximum absolute atomic E-state index is 3.79. The van der Waals surface area contributed by atoms with Gasteiger partial charge in [-0.3, -0.25) is 4.90 Å². The van der Waals surface area contributed by atoms with Gasteiger partial charge in [-0.1, -0.05) is 12.8 Å². The van der Waals surface area contributed by atoms with Crippen LogP contribution in [0.1, 0.15) is 51.0 Å². The molecule has 19 heavy (non-hydrogen) atoms. The smallest absolute Gasteiger partial charge is 0.0248 e. The summed E-state index contributed by atoms with van der Waals surface area (Å²) >= 11 is 1.82. The molecule has 3 rings (SSSR count). The third kappa shape index (κ3) is 3.80. The van der Waals surface area contributed by atoms with Gasteiger partial charge in [0.2, 0.25) is 0 Å². The number of thiophene rings is 1. The maximum Gasteiger partial charge on any atom is 0.0248 e. The van der Waals surface area contributed by atoms with Crippen LogP contribution in [-0.2, 0) is 6.54 Å². The molecule has 0 aliphatic heterocycles. The van der Waals surface area contributed by atoms with Crippen LogP contribution in [0.15, 0.2) is 16.8 Å².